The molecule has 0 atom stereocenters. The molecule has 1 aliphatic rings. The Morgan fingerprint density at radius 2 is 1.83 bits per heavy atom. The number of halogens is 2. The van der Waals surface area contributed by atoms with E-state index in [0.717, 1.165) is 22.8 Å². The summed E-state index contributed by atoms with van der Waals surface area (Å²) in [5.41, 5.74) is 9.73. The molecule has 0 bridgehead atoms. The molecule has 152 valence electrons. The van der Waals surface area contributed by atoms with Gasteiger partial charge in [0, 0.05) is 11.1 Å². The molecule has 1 aliphatic carbocycles. The number of hydrogen-bond donors (Lipinski definition) is 1. The third-order valence-corrected chi connectivity index (χ3v) is 5.91. The van der Waals surface area contributed by atoms with Crippen molar-refractivity contribution in [2.75, 3.05) is 13.2 Å². The number of ether oxygens (including phenoxy) is 2. The van der Waals surface area contributed by atoms with Crippen molar-refractivity contribution < 1.29 is 28.2 Å². The lowest BCUT2D eigenvalue weighted by molar-refractivity contribution is -0.129. The van der Waals surface area contributed by atoms with E-state index in [9.17, 15) is 18.8 Å². The predicted octanol–water partition coefficient (Wildman–Crippen LogP) is 3.47. The molecule has 2 aromatic rings. The molecule has 0 radical (unpaired) electrons. The lowest BCUT2D eigenvalue weighted by Gasteiger charge is -2.17. The third kappa shape index (κ3) is 4.32. The molecule has 2 aromatic carbocycles. The number of carbonyl (C=O) groups excluding carboxylic acids is 3. The SMILES string of the molecule is NC(=O)c1cc(F)c(Br)c2c1Cc1cc(C(CCOC=O)CCOC=O)ccc1-2. The summed E-state index contributed by atoms with van der Waals surface area (Å²) in [7, 11) is 0. The van der Waals surface area contributed by atoms with Gasteiger partial charge < -0.3 is 15.2 Å². The van der Waals surface area contributed by atoms with Gasteiger partial charge in [-0.05, 0) is 69.4 Å². The van der Waals surface area contributed by atoms with Crippen LogP contribution < -0.4 is 5.73 Å². The van der Waals surface area contributed by atoms with Crippen LogP contribution in [0.3, 0.4) is 0 Å². The van der Waals surface area contributed by atoms with E-state index in [-0.39, 0.29) is 24.7 Å². The highest BCUT2D eigenvalue weighted by molar-refractivity contribution is 9.10. The molecule has 0 unspecified atom stereocenters. The van der Waals surface area contributed by atoms with Crippen molar-refractivity contribution in [1.29, 1.82) is 0 Å². The van der Waals surface area contributed by atoms with Crippen molar-refractivity contribution >= 4 is 34.8 Å². The van der Waals surface area contributed by atoms with Crippen LogP contribution in [0.1, 0.15) is 45.8 Å². The summed E-state index contributed by atoms with van der Waals surface area (Å²) in [4.78, 5) is 32.7. The lowest BCUT2D eigenvalue weighted by Crippen LogP contribution is -2.14. The second-order valence-electron chi connectivity index (χ2n) is 6.74. The highest BCUT2D eigenvalue weighted by atomic mass is 79.9. The maximum absolute atomic E-state index is 14.3. The van der Waals surface area contributed by atoms with E-state index < -0.39 is 11.7 Å². The van der Waals surface area contributed by atoms with Gasteiger partial charge in [0.1, 0.15) is 5.82 Å². The molecule has 0 spiro atoms. The van der Waals surface area contributed by atoms with Gasteiger partial charge in [-0.1, -0.05) is 18.2 Å². The van der Waals surface area contributed by atoms with Crippen LogP contribution in [0.5, 0.6) is 0 Å². The molecule has 3 rings (SSSR count). The van der Waals surface area contributed by atoms with E-state index in [4.69, 9.17) is 15.2 Å². The first kappa shape index (κ1) is 21.0. The van der Waals surface area contributed by atoms with Crippen molar-refractivity contribution in [3.63, 3.8) is 0 Å². The zero-order chi connectivity index (χ0) is 21.0. The monoisotopic (exact) mass is 463 g/mol. The standard InChI is InChI=1S/C21H19BrFNO5/c22-20-18(23)9-17(21(24)27)16-8-14-7-13(1-2-15(14)19(16)20)12(3-5-28-10-25)4-6-29-11-26/h1-2,7,9-12H,3-6,8H2,(H2,24,27). The summed E-state index contributed by atoms with van der Waals surface area (Å²) in [5.74, 6) is -1.21. The first-order chi connectivity index (χ1) is 14.0. The van der Waals surface area contributed by atoms with Crippen LogP contribution in [0, 0.1) is 5.82 Å². The zero-order valence-corrected chi connectivity index (χ0v) is 17.0. The van der Waals surface area contributed by atoms with Crippen LogP contribution in [0.2, 0.25) is 0 Å². The fraction of sp³-hybridized carbons (Fsp3) is 0.286. The van der Waals surface area contributed by atoms with Crippen molar-refractivity contribution in [3.05, 3.63) is 56.8 Å². The first-order valence-electron chi connectivity index (χ1n) is 9.02. The van der Waals surface area contributed by atoms with E-state index in [1.54, 1.807) is 0 Å². The Hall–Kier alpha value is -2.74. The van der Waals surface area contributed by atoms with E-state index in [0.29, 0.717) is 47.8 Å². The fourth-order valence-electron chi connectivity index (χ4n) is 3.79. The minimum Gasteiger partial charge on any atom is -0.468 e. The van der Waals surface area contributed by atoms with Gasteiger partial charge in [-0.2, -0.15) is 0 Å². The van der Waals surface area contributed by atoms with Crippen LogP contribution in [0.25, 0.3) is 11.1 Å². The topological polar surface area (TPSA) is 95.7 Å². The summed E-state index contributed by atoms with van der Waals surface area (Å²) >= 11 is 3.29. The minimum atomic E-state index is -0.671. The molecular formula is C21H19BrFNO5. The summed E-state index contributed by atoms with van der Waals surface area (Å²) in [6, 6.07) is 6.96. The fourth-order valence-corrected chi connectivity index (χ4v) is 4.36. The van der Waals surface area contributed by atoms with Gasteiger partial charge in [0.25, 0.3) is 12.9 Å². The Labute approximate surface area is 175 Å². The number of rotatable bonds is 10. The normalized spacial score (nSPS) is 11.7. The Kier molecular flexibility index (Phi) is 6.64. The van der Waals surface area contributed by atoms with Crippen LogP contribution in [-0.2, 0) is 25.5 Å². The zero-order valence-electron chi connectivity index (χ0n) is 15.5. The van der Waals surface area contributed by atoms with Gasteiger partial charge in [-0.3, -0.25) is 14.4 Å². The summed E-state index contributed by atoms with van der Waals surface area (Å²) < 4.78 is 24.2. The van der Waals surface area contributed by atoms with Crippen molar-refractivity contribution in [2.24, 2.45) is 5.73 Å². The van der Waals surface area contributed by atoms with E-state index in [1.165, 1.54) is 0 Å². The number of carbonyl (C=O) groups is 3. The molecule has 1 amide bonds. The van der Waals surface area contributed by atoms with Gasteiger partial charge in [0.2, 0.25) is 5.91 Å². The second-order valence-corrected chi connectivity index (χ2v) is 7.53. The average Bonchev–Trinajstić information content (AvgIpc) is 3.08. The van der Waals surface area contributed by atoms with Crippen molar-refractivity contribution in [1.82, 2.24) is 0 Å². The maximum atomic E-state index is 14.3. The molecule has 6 nitrogen and oxygen atoms in total. The minimum absolute atomic E-state index is 0.000278. The molecule has 2 N–H and O–H groups in total. The van der Waals surface area contributed by atoms with Crippen LogP contribution in [-0.4, -0.2) is 32.1 Å². The Bertz CT molecular complexity index is 949. The molecule has 0 heterocycles. The number of primary amides is 1. The highest BCUT2D eigenvalue weighted by Crippen LogP contribution is 2.45. The molecule has 0 fully saturated rings. The molecule has 8 heteroatoms. The third-order valence-electron chi connectivity index (χ3n) is 5.13. The van der Waals surface area contributed by atoms with Crippen LogP contribution in [0.4, 0.5) is 4.39 Å². The molecule has 0 aromatic heterocycles. The van der Waals surface area contributed by atoms with Crippen molar-refractivity contribution in [2.45, 2.75) is 25.2 Å². The smallest absolute Gasteiger partial charge is 0.293 e. The van der Waals surface area contributed by atoms with E-state index >= 15 is 0 Å². The second kappa shape index (κ2) is 9.17. The van der Waals surface area contributed by atoms with Crippen LogP contribution in [0.15, 0.2) is 28.7 Å². The number of amides is 1. The quantitative estimate of drug-likeness (QED) is 0.366. The van der Waals surface area contributed by atoms with Gasteiger partial charge in [-0.15, -0.1) is 0 Å². The Morgan fingerprint density at radius 1 is 1.17 bits per heavy atom. The van der Waals surface area contributed by atoms with Gasteiger partial charge in [0.15, 0.2) is 0 Å². The average molecular weight is 464 g/mol. The largest absolute Gasteiger partial charge is 0.468 e. The number of benzene rings is 2. The summed E-state index contributed by atoms with van der Waals surface area (Å²) in [5, 5.41) is 0. The number of nitrogens with two attached hydrogens (primary N) is 1. The molecule has 29 heavy (non-hydrogen) atoms. The predicted molar refractivity (Wildman–Crippen MR) is 107 cm³/mol. The lowest BCUT2D eigenvalue weighted by atomic mass is 9.90. The Morgan fingerprint density at radius 3 is 2.41 bits per heavy atom. The van der Waals surface area contributed by atoms with E-state index in [1.807, 2.05) is 18.2 Å². The number of hydrogen-bond acceptors (Lipinski definition) is 5. The summed E-state index contributed by atoms with van der Waals surface area (Å²) in [6.45, 7) is 1.29. The Balaban J connectivity index is 1.95. The molecule has 0 saturated carbocycles. The summed E-state index contributed by atoms with van der Waals surface area (Å²) in [6.07, 6.45) is 1.59. The molecule has 0 saturated heterocycles. The highest BCUT2D eigenvalue weighted by Gasteiger charge is 2.28. The first-order valence-corrected chi connectivity index (χ1v) is 9.81. The van der Waals surface area contributed by atoms with Crippen LogP contribution >= 0.6 is 15.9 Å². The number of fused-ring (bicyclic) bond motifs is 3. The van der Waals surface area contributed by atoms with Gasteiger partial charge in [-0.25, -0.2) is 4.39 Å². The van der Waals surface area contributed by atoms with Crippen molar-refractivity contribution in [3.8, 4) is 11.1 Å². The maximum Gasteiger partial charge on any atom is 0.293 e. The van der Waals surface area contributed by atoms with Gasteiger partial charge >= 0.3 is 0 Å². The molecular weight excluding hydrogens is 445 g/mol. The molecule has 0 aliphatic heterocycles. The van der Waals surface area contributed by atoms with E-state index in [2.05, 4.69) is 15.9 Å². The van der Waals surface area contributed by atoms with Gasteiger partial charge in [0.05, 0.1) is 17.7 Å².